The van der Waals surface area contributed by atoms with Gasteiger partial charge in [-0.25, -0.2) is 18.7 Å². The van der Waals surface area contributed by atoms with Gasteiger partial charge in [0, 0.05) is 10.9 Å². The number of hydrogen-bond donors (Lipinski definition) is 2. The fraction of sp³-hybridized carbons (Fsp3) is 0.0500. The molecule has 0 aliphatic rings. The summed E-state index contributed by atoms with van der Waals surface area (Å²) in [6.45, 7) is 0. The van der Waals surface area contributed by atoms with Crippen LogP contribution in [0.4, 0.5) is 13.9 Å². The second-order valence-corrected chi connectivity index (χ2v) is 7.29. The van der Waals surface area contributed by atoms with E-state index in [2.05, 4.69) is 20.3 Å². The lowest BCUT2D eigenvalue weighted by atomic mass is 10.1. The number of hydrogen-bond acceptors (Lipinski definition) is 4. The van der Waals surface area contributed by atoms with Gasteiger partial charge in [0.15, 0.2) is 11.0 Å². The van der Waals surface area contributed by atoms with E-state index in [0.29, 0.717) is 21.7 Å². The number of aromatic nitrogens is 3. The maximum Gasteiger partial charge on any atom is 0.295 e. The topological polar surface area (TPSA) is 70.7 Å². The Bertz CT molecular complexity index is 1360. The predicted molar refractivity (Wildman–Crippen MR) is 106 cm³/mol. The Labute approximate surface area is 161 Å². The van der Waals surface area contributed by atoms with E-state index >= 15 is 0 Å². The van der Waals surface area contributed by atoms with Crippen LogP contribution in [0.2, 0.25) is 0 Å². The number of alkyl halides is 2. The summed E-state index contributed by atoms with van der Waals surface area (Å²) < 4.78 is 26.5. The first-order valence-corrected chi connectivity index (χ1v) is 9.27. The molecule has 0 radical (unpaired) electrons. The Morgan fingerprint density at radius 2 is 1.93 bits per heavy atom. The minimum absolute atomic E-state index is 0.334. The minimum Gasteiger partial charge on any atom is -0.337 e. The second kappa shape index (κ2) is 6.35. The summed E-state index contributed by atoms with van der Waals surface area (Å²) in [7, 11) is 0. The molecule has 0 fully saturated rings. The first kappa shape index (κ1) is 16.8. The van der Waals surface area contributed by atoms with Crippen LogP contribution in [0.1, 0.15) is 22.6 Å². The second-order valence-electron chi connectivity index (χ2n) is 6.26. The molecule has 0 aliphatic heterocycles. The Morgan fingerprint density at radius 3 is 2.79 bits per heavy atom. The molecule has 8 heteroatoms. The number of fused-ring (bicyclic) bond motifs is 4. The van der Waals surface area contributed by atoms with Crippen molar-refractivity contribution in [3.8, 4) is 0 Å². The number of carbonyl (C=O) groups is 1. The smallest absolute Gasteiger partial charge is 0.295 e. The Balaban J connectivity index is 1.47. The number of nitrogens with one attached hydrogen (secondary N) is 2. The average Bonchev–Trinajstić information content (AvgIpc) is 3.31. The van der Waals surface area contributed by atoms with Crippen LogP contribution in [0.5, 0.6) is 0 Å². The molecule has 0 saturated heterocycles. The molecule has 5 rings (SSSR count). The van der Waals surface area contributed by atoms with E-state index in [0.717, 1.165) is 21.0 Å². The maximum atomic E-state index is 12.8. The normalized spacial score (nSPS) is 11.7. The van der Waals surface area contributed by atoms with Crippen LogP contribution in [0.3, 0.4) is 0 Å². The highest BCUT2D eigenvalue weighted by Gasteiger charge is 2.15. The quantitative estimate of drug-likeness (QED) is 0.424. The van der Waals surface area contributed by atoms with E-state index in [1.165, 1.54) is 17.4 Å². The molecule has 138 valence electrons. The molecule has 2 heterocycles. The molecule has 1 amide bonds. The number of nitrogens with zero attached hydrogens (tertiary/aromatic N) is 2. The lowest BCUT2D eigenvalue weighted by Gasteiger charge is -2.01. The number of amides is 1. The number of thiazole rings is 1. The summed E-state index contributed by atoms with van der Waals surface area (Å²) in [6, 6.07) is 16.5. The third-order valence-electron chi connectivity index (χ3n) is 4.47. The number of imidazole rings is 1. The van der Waals surface area contributed by atoms with E-state index in [-0.39, 0.29) is 5.91 Å². The molecule has 0 atom stereocenters. The van der Waals surface area contributed by atoms with Gasteiger partial charge in [-0.3, -0.25) is 10.1 Å². The molecular formula is C20H12F2N4OS. The zero-order chi connectivity index (χ0) is 19.3. The van der Waals surface area contributed by atoms with Gasteiger partial charge < -0.3 is 4.98 Å². The van der Waals surface area contributed by atoms with Crippen LogP contribution in [0, 0.1) is 0 Å². The van der Waals surface area contributed by atoms with Gasteiger partial charge in [-0.15, -0.1) is 0 Å². The van der Waals surface area contributed by atoms with Crippen molar-refractivity contribution in [3.05, 3.63) is 66.0 Å². The van der Waals surface area contributed by atoms with Crippen molar-refractivity contribution < 1.29 is 13.6 Å². The summed E-state index contributed by atoms with van der Waals surface area (Å²) in [4.78, 5) is 23.5. The Morgan fingerprint density at radius 1 is 1.07 bits per heavy atom. The van der Waals surface area contributed by atoms with Crippen molar-refractivity contribution in [3.63, 3.8) is 0 Å². The van der Waals surface area contributed by atoms with E-state index in [4.69, 9.17) is 0 Å². The van der Waals surface area contributed by atoms with Crippen LogP contribution in [-0.2, 0) is 0 Å². The number of H-pyrrole nitrogens is 1. The fourth-order valence-electron chi connectivity index (χ4n) is 3.16. The maximum absolute atomic E-state index is 12.8. The van der Waals surface area contributed by atoms with Gasteiger partial charge in [-0.05, 0) is 29.7 Å². The Hall–Kier alpha value is -3.39. The highest BCUT2D eigenvalue weighted by atomic mass is 32.1. The van der Waals surface area contributed by atoms with Crippen molar-refractivity contribution in [1.29, 1.82) is 0 Å². The van der Waals surface area contributed by atoms with E-state index in [1.54, 1.807) is 12.1 Å². The summed E-state index contributed by atoms with van der Waals surface area (Å²) in [5.41, 5.74) is 1.95. The number of rotatable bonds is 3. The molecule has 5 nitrogen and oxygen atoms in total. The highest BCUT2D eigenvalue weighted by molar-refractivity contribution is 7.22. The first-order valence-electron chi connectivity index (χ1n) is 8.46. The van der Waals surface area contributed by atoms with Crippen molar-refractivity contribution in [2.24, 2.45) is 0 Å². The molecule has 2 N–H and O–H groups in total. The molecule has 0 spiro atoms. The molecule has 0 aliphatic carbocycles. The monoisotopic (exact) mass is 394 g/mol. The van der Waals surface area contributed by atoms with Gasteiger partial charge in [-0.2, -0.15) is 0 Å². The standard InChI is InChI=1S/C20H12F2N4OS/c21-17(22)18-23-13-7-5-11(9-14(13)24-18)19(27)26-20-25-16-12-4-2-1-3-10(12)6-8-15(16)28-20/h1-9,17H,(H,23,24)(H,25,26,27). The third-order valence-corrected chi connectivity index (χ3v) is 5.41. The third kappa shape index (κ3) is 2.78. The van der Waals surface area contributed by atoms with Crippen molar-refractivity contribution in [2.75, 3.05) is 5.32 Å². The van der Waals surface area contributed by atoms with E-state index in [1.807, 2.05) is 36.4 Å². The molecular weight excluding hydrogens is 382 g/mol. The van der Waals surface area contributed by atoms with E-state index < -0.39 is 12.2 Å². The molecule has 0 saturated carbocycles. The van der Waals surface area contributed by atoms with Gasteiger partial charge >= 0.3 is 0 Å². The van der Waals surface area contributed by atoms with Crippen molar-refractivity contribution in [1.82, 2.24) is 15.0 Å². The van der Waals surface area contributed by atoms with Crippen LogP contribution >= 0.6 is 11.3 Å². The molecule has 28 heavy (non-hydrogen) atoms. The van der Waals surface area contributed by atoms with Crippen LogP contribution < -0.4 is 5.32 Å². The van der Waals surface area contributed by atoms with Crippen LogP contribution in [0.25, 0.3) is 32.0 Å². The highest BCUT2D eigenvalue weighted by Crippen LogP contribution is 2.32. The zero-order valence-electron chi connectivity index (χ0n) is 14.2. The zero-order valence-corrected chi connectivity index (χ0v) is 15.1. The van der Waals surface area contributed by atoms with Gasteiger partial charge in [-0.1, -0.05) is 41.7 Å². The van der Waals surface area contributed by atoms with E-state index in [9.17, 15) is 13.6 Å². The predicted octanol–water partition coefficient (Wildman–Crippen LogP) is 5.52. The molecule has 5 aromatic rings. The van der Waals surface area contributed by atoms with Gasteiger partial charge in [0.2, 0.25) is 0 Å². The average molecular weight is 394 g/mol. The Kier molecular flexibility index (Phi) is 3.80. The van der Waals surface area contributed by atoms with Crippen molar-refractivity contribution in [2.45, 2.75) is 6.43 Å². The lowest BCUT2D eigenvalue weighted by molar-refractivity contribution is 0.102. The fourth-order valence-corrected chi connectivity index (χ4v) is 4.04. The minimum atomic E-state index is -2.69. The summed E-state index contributed by atoms with van der Waals surface area (Å²) >= 11 is 1.38. The van der Waals surface area contributed by atoms with Gasteiger partial charge in [0.1, 0.15) is 0 Å². The number of anilines is 1. The number of aromatic amines is 1. The number of benzene rings is 3. The molecule has 2 aromatic heterocycles. The first-order chi connectivity index (χ1) is 13.6. The van der Waals surface area contributed by atoms with Gasteiger partial charge in [0.25, 0.3) is 12.3 Å². The summed E-state index contributed by atoms with van der Waals surface area (Å²) in [5.74, 6) is -0.774. The molecule has 3 aromatic carbocycles. The number of halogens is 2. The molecule has 0 unspecified atom stereocenters. The summed E-state index contributed by atoms with van der Waals surface area (Å²) in [5, 5.41) is 5.38. The number of carbonyl (C=O) groups excluding carboxylic acids is 1. The lowest BCUT2D eigenvalue weighted by Crippen LogP contribution is -2.11. The largest absolute Gasteiger partial charge is 0.337 e. The van der Waals surface area contributed by atoms with Crippen LogP contribution in [-0.4, -0.2) is 20.9 Å². The van der Waals surface area contributed by atoms with Crippen molar-refractivity contribution >= 4 is 54.4 Å². The molecule has 0 bridgehead atoms. The SMILES string of the molecule is O=C(Nc1nc2c(ccc3ccccc32)s1)c1ccc2nc(C(F)F)[nH]c2c1. The van der Waals surface area contributed by atoms with Crippen LogP contribution in [0.15, 0.2) is 54.6 Å². The summed E-state index contributed by atoms with van der Waals surface area (Å²) in [6.07, 6.45) is -2.69. The van der Waals surface area contributed by atoms with Gasteiger partial charge in [0.05, 0.1) is 21.3 Å².